The molecular weight excluding hydrogens is 207 g/mol. The van der Waals surface area contributed by atoms with Crippen LogP contribution in [0.2, 0.25) is 0 Å². The van der Waals surface area contributed by atoms with E-state index in [1.54, 1.807) is 6.07 Å². The van der Waals surface area contributed by atoms with Crippen molar-refractivity contribution in [1.82, 2.24) is 5.32 Å². The van der Waals surface area contributed by atoms with Gasteiger partial charge in [-0.2, -0.15) is 5.26 Å². The second-order valence-electron chi connectivity index (χ2n) is 3.88. The third kappa shape index (κ3) is 2.03. The third-order valence-corrected chi connectivity index (χ3v) is 2.82. The minimum atomic E-state index is -0.416. The highest BCUT2D eigenvalue weighted by molar-refractivity contribution is 5.77. The van der Waals surface area contributed by atoms with Crippen molar-refractivity contribution in [2.45, 2.75) is 18.8 Å². The van der Waals surface area contributed by atoms with E-state index < -0.39 is 5.82 Å². The Morgan fingerprint density at radius 1 is 1.50 bits per heavy atom. The lowest BCUT2D eigenvalue weighted by Gasteiger charge is -2.23. The molecule has 0 aliphatic carbocycles. The van der Waals surface area contributed by atoms with Crippen molar-refractivity contribution in [1.29, 1.82) is 5.26 Å². The van der Waals surface area contributed by atoms with E-state index in [0.717, 1.165) is 12.0 Å². The van der Waals surface area contributed by atoms with Gasteiger partial charge >= 0.3 is 0 Å². The lowest BCUT2D eigenvalue weighted by Crippen LogP contribution is -2.32. The van der Waals surface area contributed by atoms with E-state index in [1.807, 2.05) is 6.07 Å². The maximum Gasteiger partial charge on any atom is 0.220 e. The Balaban J connectivity index is 2.32. The number of piperidine rings is 1. The third-order valence-electron chi connectivity index (χ3n) is 2.82. The Morgan fingerprint density at radius 3 is 3.00 bits per heavy atom. The van der Waals surface area contributed by atoms with E-state index in [0.29, 0.717) is 18.5 Å². The molecule has 3 nitrogen and oxygen atoms in total. The molecule has 2 rings (SSSR count). The standard InChI is InChI=1S/C12H11FN2O/c13-10-1-2-11(9(5-10)7-14)8-3-4-15-12(16)6-8/h1-2,5,8H,3-4,6H2,(H,15,16). The van der Waals surface area contributed by atoms with Crippen LogP contribution in [0.25, 0.3) is 0 Å². The molecule has 1 aromatic carbocycles. The summed E-state index contributed by atoms with van der Waals surface area (Å²) in [4.78, 5) is 11.2. The monoisotopic (exact) mass is 218 g/mol. The van der Waals surface area contributed by atoms with E-state index in [2.05, 4.69) is 5.32 Å². The second kappa shape index (κ2) is 4.31. The van der Waals surface area contributed by atoms with Crippen LogP contribution in [0.5, 0.6) is 0 Å². The van der Waals surface area contributed by atoms with E-state index in [4.69, 9.17) is 5.26 Å². The number of halogens is 1. The van der Waals surface area contributed by atoms with Crippen LogP contribution in [0.3, 0.4) is 0 Å². The van der Waals surface area contributed by atoms with Crippen LogP contribution in [0, 0.1) is 17.1 Å². The Kier molecular flexibility index (Phi) is 2.86. The van der Waals surface area contributed by atoms with Crippen LogP contribution >= 0.6 is 0 Å². The molecule has 82 valence electrons. The van der Waals surface area contributed by atoms with Crippen LogP contribution in [0.1, 0.15) is 29.9 Å². The summed E-state index contributed by atoms with van der Waals surface area (Å²) in [5.74, 6) is -0.394. The maximum absolute atomic E-state index is 12.9. The van der Waals surface area contributed by atoms with Gasteiger partial charge in [0.15, 0.2) is 0 Å². The Labute approximate surface area is 92.9 Å². The van der Waals surface area contributed by atoms with Gasteiger partial charge < -0.3 is 5.32 Å². The highest BCUT2D eigenvalue weighted by Gasteiger charge is 2.22. The zero-order chi connectivity index (χ0) is 11.5. The zero-order valence-corrected chi connectivity index (χ0v) is 8.66. The van der Waals surface area contributed by atoms with Crippen molar-refractivity contribution in [3.05, 3.63) is 35.1 Å². The van der Waals surface area contributed by atoms with Crippen molar-refractivity contribution in [2.24, 2.45) is 0 Å². The number of hydrogen-bond donors (Lipinski definition) is 1. The summed E-state index contributed by atoms with van der Waals surface area (Å²) in [6.07, 6.45) is 1.17. The van der Waals surface area contributed by atoms with Gasteiger partial charge in [-0.05, 0) is 30.0 Å². The van der Waals surface area contributed by atoms with Crippen LogP contribution in [0.15, 0.2) is 18.2 Å². The first-order valence-electron chi connectivity index (χ1n) is 5.17. The largest absolute Gasteiger partial charge is 0.356 e. The number of nitrogens with one attached hydrogen (secondary N) is 1. The average molecular weight is 218 g/mol. The molecule has 1 saturated heterocycles. The quantitative estimate of drug-likeness (QED) is 0.779. The fourth-order valence-corrected chi connectivity index (χ4v) is 2.03. The van der Waals surface area contributed by atoms with Gasteiger partial charge in [0.25, 0.3) is 0 Å². The first-order chi connectivity index (χ1) is 7.70. The van der Waals surface area contributed by atoms with Crippen molar-refractivity contribution < 1.29 is 9.18 Å². The second-order valence-corrected chi connectivity index (χ2v) is 3.88. The summed E-state index contributed by atoms with van der Waals surface area (Å²) in [6, 6.07) is 6.15. The number of nitriles is 1. The van der Waals surface area contributed by atoms with Crippen LogP contribution < -0.4 is 5.32 Å². The van der Waals surface area contributed by atoms with Crippen LogP contribution in [-0.2, 0) is 4.79 Å². The molecule has 1 heterocycles. The van der Waals surface area contributed by atoms with Crippen molar-refractivity contribution in [3.63, 3.8) is 0 Å². The highest BCUT2D eigenvalue weighted by atomic mass is 19.1. The summed E-state index contributed by atoms with van der Waals surface area (Å²) in [5.41, 5.74) is 1.11. The SMILES string of the molecule is N#Cc1cc(F)ccc1C1CCNC(=O)C1. The molecule has 1 aliphatic heterocycles. The van der Waals surface area contributed by atoms with E-state index in [9.17, 15) is 9.18 Å². The van der Waals surface area contributed by atoms with E-state index in [1.165, 1.54) is 12.1 Å². The van der Waals surface area contributed by atoms with Crippen molar-refractivity contribution >= 4 is 5.91 Å². The predicted molar refractivity (Wildman–Crippen MR) is 56.1 cm³/mol. The molecule has 1 aromatic rings. The molecule has 0 bridgehead atoms. The number of nitrogens with zero attached hydrogens (tertiary/aromatic N) is 1. The molecule has 16 heavy (non-hydrogen) atoms. The van der Waals surface area contributed by atoms with Gasteiger partial charge in [-0.3, -0.25) is 4.79 Å². The Morgan fingerprint density at radius 2 is 2.31 bits per heavy atom. The number of rotatable bonds is 1. The van der Waals surface area contributed by atoms with Gasteiger partial charge in [-0.25, -0.2) is 4.39 Å². The first kappa shape index (κ1) is 10.6. The molecule has 1 atom stereocenters. The number of benzene rings is 1. The molecule has 1 N–H and O–H groups in total. The van der Waals surface area contributed by atoms with Crippen LogP contribution in [-0.4, -0.2) is 12.5 Å². The van der Waals surface area contributed by atoms with E-state index in [-0.39, 0.29) is 11.8 Å². The molecule has 1 fully saturated rings. The average Bonchev–Trinajstić information content (AvgIpc) is 2.28. The normalized spacial score (nSPS) is 20.0. The van der Waals surface area contributed by atoms with Crippen molar-refractivity contribution in [3.8, 4) is 6.07 Å². The smallest absolute Gasteiger partial charge is 0.220 e. The molecular formula is C12H11FN2O. The summed E-state index contributed by atoms with van der Waals surface area (Å²) >= 11 is 0. The molecule has 0 spiro atoms. The Bertz CT molecular complexity index is 465. The molecule has 1 amide bonds. The topological polar surface area (TPSA) is 52.9 Å². The van der Waals surface area contributed by atoms with Crippen molar-refractivity contribution in [2.75, 3.05) is 6.54 Å². The van der Waals surface area contributed by atoms with Gasteiger partial charge in [0.1, 0.15) is 5.82 Å². The fraction of sp³-hybridized carbons (Fsp3) is 0.333. The lowest BCUT2D eigenvalue weighted by atomic mass is 9.87. The van der Waals surface area contributed by atoms with Gasteiger partial charge in [0.2, 0.25) is 5.91 Å². The maximum atomic E-state index is 12.9. The summed E-state index contributed by atoms with van der Waals surface area (Å²) in [7, 11) is 0. The molecule has 4 heteroatoms. The molecule has 0 radical (unpaired) electrons. The van der Waals surface area contributed by atoms with E-state index >= 15 is 0 Å². The Hall–Kier alpha value is -1.89. The number of hydrogen-bond acceptors (Lipinski definition) is 2. The van der Waals surface area contributed by atoms with Gasteiger partial charge in [-0.1, -0.05) is 6.07 Å². The minimum absolute atomic E-state index is 0.00975. The molecule has 1 unspecified atom stereocenters. The highest BCUT2D eigenvalue weighted by Crippen LogP contribution is 2.28. The number of carbonyl (C=O) groups is 1. The summed E-state index contributed by atoms with van der Waals surface area (Å²) in [5, 5.41) is 11.7. The van der Waals surface area contributed by atoms with Crippen LogP contribution in [0.4, 0.5) is 4.39 Å². The first-order valence-corrected chi connectivity index (χ1v) is 5.17. The number of amides is 1. The summed E-state index contributed by atoms with van der Waals surface area (Å²) < 4.78 is 12.9. The predicted octanol–water partition coefficient (Wildman–Crippen LogP) is 1.69. The zero-order valence-electron chi connectivity index (χ0n) is 8.66. The van der Waals surface area contributed by atoms with Gasteiger partial charge in [-0.15, -0.1) is 0 Å². The fourth-order valence-electron chi connectivity index (χ4n) is 2.03. The molecule has 0 saturated carbocycles. The molecule has 1 aliphatic rings. The molecule has 0 aromatic heterocycles. The van der Waals surface area contributed by atoms with Gasteiger partial charge in [0, 0.05) is 13.0 Å². The summed E-state index contributed by atoms with van der Waals surface area (Å²) in [6.45, 7) is 0.617. The minimum Gasteiger partial charge on any atom is -0.356 e. The van der Waals surface area contributed by atoms with Gasteiger partial charge in [0.05, 0.1) is 11.6 Å². The lowest BCUT2D eigenvalue weighted by molar-refractivity contribution is -0.122. The number of carbonyl (C=O) groups excluding carboxylic acids is 1.